The van der Waals surface area contributed by atoms with E-state index in [9.17, 15) is 0 Å². The molecule has 0 unspecified atom stereocenters. The predicted molar refractivity (Wildman–Crippen MR) is 600 cm³/mol. The molecule has 8 aromatic carbocycles. The Bertz CT molecular complexity index is 7380. The molecule has 12 nitrogen and oxygen atoms in total. The van der Waals surface area contributed by atoms with Crippen molar-refractivity contribution in [2.45, 2.75) is 335 Å². The Hall–Kier alpha value is -12.7. The van der Waals surface area contributed by atoms with Crippen molar-refractivity contribution in [3.63, 3.8) is 0 Å². The number of nitrogens with one attached hydrogen (secondary N) is 4. The molecule has 6 aromatic heterocycles. The Labute approximate surface area is 838 Å². The fourth-order valence-electron chi connectivity index (χ4n) is 23.1. The minimum Gasteiger partial charge on any atom is -0.354 e. The van der Waals surface area contributed by atoms with Gasteiger partial charge in [-0.15, -0.1) is 0 Å². The molecule has 16 bridgehead atoms. The monoisotopic (exact) mass is 1870 g/mol. The summed E-state index contributed by atoms with van der Waals surface area (Å²) in [5, 5.41) is 4.17. The van der Waals surface area contributed by atoms with Gasteiger partial charge in [-0.2, -0.15) is 0 Å². The van der Waals surface area contributed by atoms with Gasteiger partial charge in [0.05, 0.1) is 22.8 Å². The third-order valence-electron chi connectivity index (χ3n) is 30.1. The molecule has 14 aromatic rings. The topological polar surface area (TPSA) is 166 Å². The van der Waals surface area contributed by atoms with Crippen LogP contribution in [0.25, 0.3) is 181 Å². The number of unbranched alkanes of at least 4 members (excludes halogenated alkanes) is 24. The zero-order valence-electron chi connectivity index (χ0n) is 87.1. The smallest absolute Gasteiger partial charge is 0.164 e. The van der Waals surface area contributed by atoms with Crippen molar-refractivity contribution in [3.05, 3.63) is 257 Å². The first-order valence-electron chi connectivity index (χ1n) is 54.3. The van der Waals surface area contributed by atoms with Crippen LogP contribution in [0.3, 0.4) is 0 Å². The molecule has 0 saturated carbocycles. The van der Waals surface area contributed by atoms with Crippen molar-refractivity contribution < 1.29 is 0 Å². The summed E-state index contributed by atoms with van der Waals surface area (Å²) in [6.07, 6.45) is 51.5. The van der Waals surface area contributed by atoms with Crippen molar-refractivity contribution in [1.29, 1.82) is 0 Å². The van der Waals surface area contributed by atoms with E-state index in [2.05, 4.69) is 299 Å². The highest BCUT2D eigenvalue weighted by molar-refractivity contribution is 6.08. The summed E-state index contributed by atoms with van der Waals surface area (Å²) >= 11 is 0. The summed E-state index contributed by atoms with van der Waals surface area (Å²) in [6, 6.07) is 52.9. The molecule has 4 N–H and O–H groups in total. The van der Waals surface area contributed by atoms with Crippen molar-refractivity contribution in [1.82, 2.24) is 59.8 Å². The van der Waals surface area contributed by atoms with Crippen LogP contribution in [0, 0.1) is 74.2 Å². The van der Waals surface area contributed by atoms with E-state index in [1.54, 1.807) is 0 Å². The van der Waals surface area contributed by atoms with Crippen LogP contribution in [-0.4, -0.2) is 59.8 Å². The van der Waals surface area contributed by atoms with Crippen LogP contribution < -0.4 is 0 Å². The van der Waals surface area contributed by atoms with Gasteiger partial charge in [-0.1, -0.05) is 273 Å². The minimum atomic E-state index is 0.568. The van der Waals surface area contributed by atoms with E-state index in [4.69, 9.17) is 39.9 Å². The lowest BCUT2D eigenvalue weighted by molar-refractivity contribution is 0.621. The number of fused-ring (bicyclic) bond motifs is 28. The molecule has 0 amide bonds. The van der Waals surface area contributed by atoms with Gasteiger partial charge < -0.3 is 19.9 Å². The molecule has 0 radical (unpaired) electrons. The lowest BCUT2D eigenvalue weighted by Crippen LogP contribution is -1.98. The number of aromatic amines is 4. The summed E-state index contributed by atoms with van der Waals surface area (Å²) < 4.78 is 0. The largest absolute Gasteiger partial charge is 0.354 e. The van der Waals surface area contributed by atoms with Gasteiger partial charge in [0.15, 0.2) is 23.3 Å². The number of rotatable bonds is 40. The second kappa shape index (κ2) is 45.5. The second-order valence-electron chi connectivity index (χ2n) is 41.5. The van der Waals surface area contributed by atoms with Crippen LogP contribution in [0.15, 0.2) is 140 Å². The van der Waals surface area contributed by atoms with E-state index in [1.165, 1.54) is 243 Å². The van der Waals surface area contributed by atoms with Gasteiger partial charge >= 0.3 is 0 Å². The van der Waals surface area contributed by atoms with Crippen LogP contribution >= 0.6 is 0 Å². The highest BCUT2D eigenvalue weighted by Crippen LogP contribution is 2.47. The van der Waals surface area contributed by atoms with E-state index in [0.29, 0.717) is 23.3 Å². The van der Waals surface area contributed by atoms with Crippen molar-refractivity contribution in [2.75, 3.05) is 0 Å². The average molecular weight is 1870 g/mol. The molecule has 0 fully saturated rings. The van der Waals surface area contributed by atoms with Gasteiger partial charge in [-0.3, -0.25) is 0 Å². The maximum atomic E-state index is 5.89. The van der Waals surface area contributed by atoms with Crippen LogP contribution in [-0.2, 0) is 38.5 Å². The molecule has 10 heterocycles. The first-order chi connectivity index (χ1) is 68.8. The highest BCUT2D eigenvalue weighted by Gasteiger charge is 2.29. The Balaban J connectivity index is 0.826. The molecule has 0 spiro atoms. The number of benzene rings is 8. The Kier molecular flexibility index (Phi) is 31.8. The lowest BCUT2D eigenvalue weighted by atomic mass is 9.92. The molecule has 0 aliphatic carbocycles. The fourth-order valence-corrected chi connectivity index (χ4v) is 23.1. The summed E-state index contributed by atoms with van der Waals surface area (Å²) in [5.74, 6) is 9.91. The highest BCUT2D eigenvalue weighted by atomic mass is 15.1. The molecule has 12 heteroatoms. The lowest BCUT2D eigenvalue weighted by Gasteiger charge is -2.14. The van der Waals surface area contributed by atoms with Gasteiger partial charge in [-0.25, -0.2) is 39.9 Å². The Morgan fingerprint density at radius 1 is 0.213 bits per heavy atom. The number of hydrogen-bond acceptors (Lipinski definition) is 8. The van der Waals surface area contributed by atoms with Gasteiger partial charge in [0.25, 0.3) is 0 Å². The predicted octanol–water partition coefficient (Wildman–Crippen LogP) is 35.8. The molecule has 4 aliphatic rings. The maximum absolute atomic E-state index is 5.89. The number of aromatic nitrogens is 12. The van der Waals surface area contributed by atoms with E-state index < -0.39 is 0 Å². The molecule has 724 valence electrons. The SMILES string of the molecule is CCCCCCCc1cc2c(cc1CCCCCCC)-c1nc-2nc2[nH]c(nc3nc(nc4[nH]c(n1)c1cc(CCCCCCC)c(CCCCCCC)cc41)-c1cc(C#Cc4ccc(-c5c6nc(c(-c7c(C)cc(C)cc7C)c7ccc([nH]7)c(-c7c(C)cc(C)cc7C)c7nc(c(-c8c(C)cc(C)cc8C)c8ccc5[nH]8)C=C7)C=C6)cc4)ccc1-3)c1cc(CCCCCCC)c(CCCCCCC)cc21. The number of nitrogens with zero attached hydrogens (tertiary/aromatic N) is 8. The van der Waals surface area contributed by atoms with Crippen LogP contribution in [0.4, 0.5) is 0 Å². The standard InChI is InChI=1S/C129H148N12/c1-16-22-28-34-40-46-93-75-101-102(76-94(93)47-41-35-29-23-17-2)126-137-124(101)135-122-99-59-56-91(74-100(99)123(134-122)136-125-103-77-95(48-42-36-30-24-18-3)96(49-43-37-31-25-19-4)78-104(103)127(138-125)140-129-106-80-98(51-45-39-33-27-21-6)97(50-44-38-32-26-20-5)79-105(106)128(139-126)141-129)53-52-90-54-57-92(58-55-90)118-107-60-62-109(130-107)119(115-84(10)68-81(7)69-85(115)11)111-64-66-113(132-111)121(117-88(14)72-83(9)73-89(117)15)114-67-65-112(133-114)120(110-63-61-108(118)131-110)116-86(12)70-82(8)71-87(116)13/h54-80,130,133H,16-51H2,1-15H3,(H2,134,135,136,137,138,139,140,141). The average Bonchev–Trinajstić information content (AvgIpc) is 1.59. The minimum absolute atomic E-state index is 0.568. The summed E-state index contributed by atoms with van der Waals surface area (Å²) in [5.41, 5.74) is 43.8. The summed E-state index contributed by atoms with van der Waals surface area (Å²) in [4.78, 5) is 62.5. The molecule has 4 aliphatic heterocycles. The van der Waals surface area contributed by atoms with Crippen LogP contribution in [0.1, 0.15) is 352 Å². The summed E-state index contributed by atoms with van der Waals surface area (Å²) in [7, 11) is 0. The number of H-pyrrole nitrogens is 4. The molecule has 18 rings (SSSR count). The molecule has 0 atom stereocenters. The van der Waals surface area contributed by atoms with Gasteiger partial charge in [0.2, 0.25) is 0 Å². The van der Waals surface area contributed by atoms with Crippen LogP contribution in [0.5, 0.6) is 0 Å². The Morgan fingerprint density at radius 3 is 0.773 bits per heavy atom. The number of aryl methyl sites for hydroxylation is 15. The third kappa shape index (κ3) is 22.0. The van der Waals surface area contributed by atoms with E-state index in [-0.39, 0.29) is 0 Å². The van der Waals surface area contributed by atoms with Crippen molar-refractivity contribution in [3.8, 4) is 102 Å². The zero-order chi connectivity index (χ0) is 97.7. The second-order valence-corrected chi connectivity index (χ2v) is 41.5. The maximum Gasteiger partial charge on any atom is 0.164 e. The summed E-state index contributed by atoms with van der Waals surface area (Å²) in [6.45, 7) is 33.9. The quantitative estimate of drug-likeness (QED) is 0.0218. The van der Waals surface area contributed by atoms with E-state index in [0.717, 1.165) is 238 Å². The van der Waals surface area contributed by atoms with Crippen molar-refractivity contribution in [2.24, 2.45) is 0 Å². The fraction of sp³-hybridized carbons (Fsp3) is 0.395. The van der Waals surface area contributed by atoms with Gasteiger partial charge in [0.1, 0.15) is 22.6 Å². The molecule has 0 saturated heterocycles. The van der Waals surface area contributed by atoms with E-state index in [1.807, 2.05) is 0 Å². The zero-order valence-corrected chi connectivity index (χ0v) is 87.1. The normalized spacial score (nSPS) is 12.1. The third-order valence-corrected chi connectivity index (χ3v) is 30.1. The molecular weight excluding hydrogens is 1720 g/mol. The van der Waals surface area contributed by atoms with Crippen molar-refractivity contribution >= 4 is 90.5 Å². The Morgan fingerprint density at radius 2 is 0.468 bits per heavy atom. The number of hydrogen-bond donors (Lipinski definition) is 4. The van der Waals surface area contributed by atoms with E-state index >= 15 is 0 Å². The van der Waals surface area contributed by atoms with Gasteiger partial charge in [0, 0.05) is 99.2 Å². The molecule has 141 heavy (non-hydrogen) atoms. The molecular formula is C129H148N12. The van der Waals surface area contributed by atoms with Gasteiger partial charge in [-0.05, 0) is 344 Å². The first-order valence-corrected chi connectivity index (χ1v) is 54.3. The first kappa shape index (κ1) is 98.5. The van der Waals surface area contributed by atoms with Crippen LogP contribution in [0.2, 0.25) is 0 Å².